The number of nitrogens with two attached hydrogens (primary N) is 1. The Morgan fingerprint density at radius 2 is 2.27 bits per heavy atom. The lowest BCUT2D eigenvalue weighted by molar-refractivity contribution is -0.115. The van der Waals surface area contributed by atoms with Gasteiger partial charge in [-0.2, -0.15) is 0 Å². The van der Waals surface area contributed by atoms with Crippen LogP contribution in [0, 0.1) is 0 Å². The van der Waals surface area contributed by atoms with E-state index in [1.807, 2.05) is 0 Å². The van der Waals surface area contributed by atoms with E-state index in [0.717, 1.165) is 0 Å². The van der Waals surface area contributed by atoms with E-state index < -0.39 is 11.8 Å². The molecule has 0 fully saturated rings. The Hall–Kier alpha value is -0.930. The van der Waals surface area contributed by atoms with Crippen molar-refractivity contribution in [3.05, 3.63) is 11.6 Å². The molecule has 2 nitrogen and oxygen atoms in total. The summed E-state index contributed by atoms with van der Waals surface area (Å²) in [6, 6.07) is 0. The molecule has 0 radical (unpaired) electrons. The normalized spacial score (nSPS) is 22.5. The van der Waals surface area contributed by atoms with Gasteiger partial charge in [0.1, 0.15) is 0 Å². The van der Waals surface area contributed by atoms with E-state index in [4.69, 9.17) is 5.73 Å². The van der Waals surface area contributed by atoms with Gasteiger partial charge in [0.25, 0.3) is 5.92 Å². The summed E-state index contributed by atoms with van der Waals surface area (Å²) in [4.78, 5) is 10.5. The van der Waals surface area contributed by atoms with E-state index in [9.17, 15) is 13.6 Å². The highest BCUT2D eigenvalue weighted by Crippen LogP contribution is 2.31. The van der Waals surface area contributed by atoms with Crippen molar-refractivity contribution in [1.82, 2.24) is 0 Å². The van der Waals surface area contributed by atoms with E-state index in [1.165, 1.54) is 6.08 Å². The van der Waals surface area contributed by atoms with Crippen molar-refractivity contribution in [2.45, 2.75) is 25.2 Å². The number of halogens is 2. The second-order valence-electron chi connectivity index (χ2n) is 2.65. The van der Waals surface area contributed by atoms with E-state index in [-0.39, 0.29) is 19.3 Å². The van der Waals surface area contributed by atoms with Gasteiger partial charge in [-0.3, -0.25) is 4.79 Å². The molecule has 4 heteroatoms. The molecule has 1 aliphatic carbocycles. The van der Waals surface area contributed by atoms with Gasteiger partial charge in [0.2, 0.25) is 5.91 Å². The first-order chi connectivity index (χ1) is 5.01. The smallest absolute Gasteiger partial charge is 0.251 e. The molecule has 1 aliphatic rings. The van der Waals surface area contributed by atoms with Gasteiger partial charge in [0.05, 0.1) is 0 Å². The first-order valence-electron chi connectivity index (χ1n) is 3.38. The molecule has 0 saturated carbocycles. The maximum absolute atomic E-state index is 12.4. The number of alkyl halides is 2. The number of carbonyl (C=O) groups excluding carboxylic acids is 1. The lowest BCUT2D eigenvalue weighted by Crippen LogP contribution is -2.24. The quantitative estimate of drug-likeness (QED) is 0.617. The van der Waals surface area contributed by atoms with Crippen LogP contribution in [-0.2, 0) is 4.79 Å². The van der Waals surface area contributed by atoms with Gasteiger partial charge in [-0.15, -0.1) is 0 Å². The summed E-state index contributed by atoms with van der Waals surface area (Å²) in [5.41, 5.74) is 5.23. The molecule has 0 bridgehead atoms. The Morgan fingerprint density at radius 1 is 1.64 bits per heavy atom. The summed E-state index contributed by atoms with van der Waals surface area (Å²) in [7, 11) is 0. The molecule has 62 valence electrons. The van der Waals surface area contributed by atoms with Crippen molar-refractivity contribution in [3.8, 4) is 0 Å². The van der Waals surface area contributed by atoms with Crippen molar-refractivity contribution < 1.29 is 13.6 Å². The van der Waals surface area contributed by atoms with Crippen LogP contribution >= 0.6 is 0 Å². The lowest BCUT2D eigenvalue weighted by atomic mass is 9.96. The molecule has 0 heterocycles. The van der Waals surface area contributed by atoms with Gasteiger partial charge < -0.3 is 5.73 Å². The van der Waals surface area contributed by atoms with E-state index in [0.29, 0.717) is 5.57 Å². The highest BCUT2D eigenvalue weighted by atomic mass is 19.3. The predicted octanol–water partition coefficient (Wildman–Crippen LogP) is 1.22. The van der Waals surface area contributed by atoms with Gasteiger partial charge in [-0.05, 0) is 6.42 Å². The Labute approximate surface area is 63.1 Å². The maximum Gasteiger partial charge on any atom is 0.251 e. The number of carbonyl (C=O) groups is 1. The predicted molar refractivity (Wildman–Crippen MR) is 36.1 cm³/mol. The van der Waals surface area contributed by atoms with Crippen LogP contribution < -0.4 is 5.73 Å². The van der Waals surface area contributed by atoms with Crippen LogP contribution in [0.3, 0.4) is 0 Å². The molecule has 0 unspecified atom stereocenters. The SMILES string of the molecule is NC(=O)C1=CCC(F)(F)CC1. The molecule has 0 aromatic heterocycles. The molecule has 0 atom stereocenters. The molecule has 0 aromatic rings. The maximum atomic E-state index is 12.4. The number of hydrogen-bond donors (Lipinski definition) is 1. The summed E-state index contributed by atoms with van der Waals surface area (Å²) >= 11 is 0. The Bertz CT molecular complexity index is 210. The highest BCUT2D eigenvalue weighted by molar-refractivity contribution is 5.92. The van der Waals surface area contributed by atoms with Crippen LogP contribution in [0.4, 0.5) is 8.78 Å². The lowest BCUT2D eigenvalue weighted by Gasteiger charge is -2.19. The summed E-state index contributed by atoms with van der Waals surface area (Å²) in [5.74, 6) is -3.22. The topological polar surface area (TPSA) is 43.1 Å². The van der Waals surface area contributed by atoms with Gasteiger partial charge in [-0.1, -0.05) is 6.08 Å². The van der Waals surface area contributed by atoms with Crippen LogP contribution in [0.2, 0.25) is 0 Å². The number of rotatable bonds is 1. The van der Waals surface area contributed by atoms with Crippen LogP contribution in [0.5, 0.6) is 0 Å². The third kappa shape index (κ3) is 2.00. The zero-order chi connectivity index (χ0) is 8.48. The molecular formula is C7H9F2NO. The summed E-state index contributed by atoms with van der Waals surface area (Å²) in [6.07, 6.45) is 0.710. The van der Waals surface area contributed by atoms with Gasteiger partial charge in [0.15, 0.2) is 0 Å². The minimum absolute atomic E-state index is 0.0995. The summed E-state index contributed by atoms with van der Waals surface area (Å²) in [6.45, 7) is 0. The van der Waals surface area contributed by atoms with Crippen molar-refractivity contribution >= 4 is 5.91 Å². The van der Waals surface area contributed by atoms with E-state index in [2.05, 4.69) is 0 Å². The molecule has 0 aliphatic heterocycles. The number of allylic oxidation sites excluding steroid dienone is 1. The average Bonchev–Trinajstić information content (AvgIpc) is 1.86. The minimum atomic E-state index is -2.64. The van der Waals surface area contributed by atoms with Crippen LogP contribution in [0.1, 0.15) is 19.3 Å². The van der Waals surface area contributed by atoms with Crippen molar-refractivity contribution in [3.63, 3.8) is 0 Å². The van der Waals surface area contributed by atoms with Crippen molar-refractivity contribution in [1.29, 1.82) is 0 Å². The van der Waals surface area contributed by atoms with Crippen molar-refractivity contribution in [2.24, 2.45) is 5.73 Å². The third-order valence-corrected chi connectivity index (χ3v) is 1.72. The second kappa shape index (κ2) is 2.60. The Balaban J connectivity index is 2.65. The largest absolute Gasteiger partial charge is 0.366 e. The number of hydrogen-bond acceptors (Lipinski definition) is 1. The van der Waals surface area contributed by atoms with E-state index >= 15 is 0 Å². The van der Waals surface area contributed by atoms with Crippen molar-refractivity contribution in [2.75, 3.05) is 0 Å². The van der Waals surface area contributed by atoms with E-state index in [1.54, 1.807) is 0 Å². The fourth-order valence-electron chi connectivity index (χ4n) is 1.02. The molecule has 1 rings (SSSR count). The average molecular weight is 161 g/mol. The zero-order valence-electron chi connectivity index (χ0n) is 5.94. The first kappa shape index (κ1) is 8.17. The summed E-state index contributed by atoms with van der Waals surface area (Å²) < 4.78 is 24.9. The van der Waals surface area contributed by atoms with Gasteiger partial charge >= 0.3 is 0 Å². The molecule has 1 amide bonds. The van der Waals surface area contributed by atoms with Crippen LogP contribution in [0.25, 0.3) is 0 Å². The molecule has 0 saturated heterocycles. The first-order valence-corrected chi connectivity index (χ1v) is 3.38. The highest BCUT2D eigenvalue weighted by Gasteiger charge is 2.31. The number of primary amides is 1. The zero-order valence-corrected chi connectivity index (χ0v) is 5.94. The molecular weight excluding hydrogens is 152 g/mol. The fraction of sp³-hybridized carbons (Fsp3) is 0.571. The molecule has 2 N–H and O–H groups in total. The van der Waals surface area contributed by atoms with Crippen LogP contribution in [-0.4, -0.2) is 11.8 Å². The molecule has 11 heavy (non-hydrogen) atoms. The van der Waals surface area contributed by atoms with Gasteiger partial charge in [0, 0.05) is 18.4 Å². The monoisotopic (exact) mass is 161 g/mol. The Kier molecular flexibility index (Phi) is 1.93. The third-order valence-electron chi connectivity index (χ3n) is 1.72. The van der Waals surface area contributed by atoms with Crippen LogP contribution in [0.15, 0.2) is 11.6 Å². The Morgan fingerprint density at radius 3 is 2.64 bits per heavy atom. The van der Waals surface area contributed by atoms with Gasteiger partial charge in [-0.25, -0.2) is 8.78 Å². The summed E-state index contributed by atoms with van der Waals surface area (Å²) in [5, 5.41) is 0. The molecule has 0 spiro atoms. The molecule has 0 aromatic carbocycles. The minimum Gasteiger partial charge on any atom is -0.366 e. The fourth-order valence-corrected chi connectivity index (χ4v) is 1.02. The second-order valence-corrected chi connectivity index (χ2v) is 2.65. The number of amides is 1. The standard InChI is InChI=1S/C7H9F2NO/c8-7(9)3-1-5(2-4-7)6(10)11/h1H,2-4H2,(H2,10,11).